The molecule has 0 heterocycles. The first kappa shape index (κ1) is 19.8. The summed E-state index contributed by atoms with van der Waals surface area (Å²) in [6.45, 7) is 3.97. The summed E-state index contributed by atoms with van der Waals surface area (Å²) in [5, 5.41) is 2.32. The topological polar surface area (TPSA) is 47.6 Å². The first-order valence-electron chi connectivity index (χ1n) is 7.98. The minimum absolute atomic E-state index is 0.0177. The van der Waals surface area contributed by atoms with Gasteiger partial charge in [-0.1, -0.05) is 12.1 Å². The minimum Gasteiger partial charge on any atom is -0.496 e. The number of halogens is 3. The summed E-state index contributed by atoms with van der Waals surface area (Å²) in [6, 6.07) is 9.46. The van der Waals surface area contributed by atoms with Crippen LogP contribution >= 0.6 is 0 Å². The number of carbonyl (C=O) groups excluding carboxylic acids is 1. The fraction of sp³-hybridized carbons (Fsp3) is 0.316. The number of benzene rings is 2. The van der Waals surface area contributed by atoms with E-state index < -0.39 is 17.6 Å². The van der Waals surface area contributed by atoms with E-state index in [9.17, 15) is 18.0 Å². The van der Waals surface area contributed by atoms with Gasteiger partial charge in [0.2, 0.25) is 0 Å². The van der Waals surface area contributed by atoms with Crippen molar-refractivity contribution >= 4 is 11.6 Å². The van der Waals surface area contributed by atoms with Crippen LogP contribution in [0.3, 0.4) is 0 Å². The van der Waals surface area contributed by atoms with Crippen molar-refractivity contribution in [1.82, 2.24) is 0 Å². The molecule has 0 spiro atoms. The molecule has 140 valence electrons. The predicted octanol–water partition coefficient (Wildman–Crippen LogP) is 4.89. The van der Waals surface area contributed by atoms with Crippen molar-refractivity contribution < 1.29 is 27.4 Å². The van der Waals surface area contributed by atoms with E-state index in [0.717, 1.165) is 6.07 Å². The number of ether oxygens (including phenoxy) is 2. The molecule has 0 atom stereocenters. The molecule has 4 nitrogen and oxygen atoms in total. The Labute approximate surface area is 149 Å². The normalized spacial score (nSPS) is 11.5. The van der Waals surface area contributed by atoms with Crippen LogP contribution in [0.5, 0.6) is 5.75 Å². The number of para-hydroxylation sites is 1. The second-order valence-electron chi connectivity index (χ2n) is 5.88. The van der Waals surface area contributed by atoms with Crippen LogP contribution in [0.2, 0.25) is 0 Å². The molecule has 0 fully saturated rings. The predicted molar refractivity (Wildman–Crippen MR) is 92.3 cm³/mol. The molecule has 1 amide bonds. The second kappa shape index (κ2) is 8.23. The zero-order valence-electron chi connectivity index (χ0n) is 14.7. The fourth-order valence-corrected chi connectivity index (χ4v) is 2.32. The number of hydrogen-bond donors (Lipinski definition) is 1. The Morgan fingerprint density at radius 2 is 1.85 bits per heavy atom. The van der Waals surface area contributed by atoms with Crippen molar-refractivity contribution in [2.24, 2.45) is 0 Å². The number of alkyl halides is 3. The van der Waals surface area contributed by atoms with Crippen molar-refractivity contribution in [3.05, 3.63) is 59.2 Å². The van der Waals surface area contributed by atoms with Gasteiger partial charge in [0.05, 0.1) is 31.1 Å². The number of rotatable bonds is 6. The maximum Gasteiger partial charge on any atom is 0.418 e. The molecule has 7 heteroatoms. The van der Waals surface area contributed by atoms with Crippen molar-refractivity contribution in [2.45, 2.75) is 32.7 Å². The van der Waals surface area contributed by atoms with Crippen LogP contribution in [0, 0.1) is 0 Å². The quantitative estimate of drug-likeness (QED) is 0.791. The summed E-state index contributed by atoms with van der Waals surface area (Å²) in [7, 11) is 1.49. The van der Waals surface area contributed by atoms with Gasteiger partial charge in [0.15, 0.2) is 0 Å². The Morgan fingerprint density at radius 1 is 1.15 bits per heavy atom. The summed E-state index contributed by atoms with van der Waals surface area (Å²) in [5.74, 6) is -0.104. The monoisotopic (exact) mass is 367 g/mol. The van der Waals surface area contributed by atoms with Crippen LogP contribution in [-0.2, 0) is 17.5 Å². The smallest absolute Gasteiger partial charge is 0.418 e. The van der Waals surface area contributed by atoms with Crippen molar-refractivity contribution in [2.75, 3.05) is 12.4 Å². The van der Waals surface area contributed by atoms with Gasteiger partial charge in [0, 0.05) is 11.1 Å². The highest BCUT2D eigenvalue weighted by atomic mass is 19.4. The molecule has 0 radical (unpaired) electrons. The first-order valence-corrected chi connectivity index (χ1v) is 7.98. The van der Waals surface area contributed by atoms with Gasteiger partial charge in [-0.3, -0.25) is 4.79 Å². The molecule has 0 saturated heterocycles. The number of hydrogen-bond acceptors (Lipinski definition) is 3. The van der Waals surface area contributed by atoms with Crippen LogP contribution in [0.25, 0.3) is 0 Å². The van der Waals surface area contributed by atoms with Gasteiger partial charge < -0.3 is 14.8 Å². The Kier molecular flexibility index (Phi) is 6.26. The van der Waals surface area contributed by atoms with Gasteiger partial charge in [-0.15, -0.1) is 0 Å². The molecule has 0 saturated carbocycles. The van der Waals surface area contributed by atoms with Gasteiger partial charge in [-0.05, 0) is 44.2 Å². The molecule has 0 aliphatic heterocycles. The summed E-state index contributed by atoms with van der Waals surface area (Å²) in [6.07, 6.45) is -4.57. The zero-order valence-corrected chi connectivity index (χ0v) is 14.7. The van der Waals surface area contributed by atoms with Crippen molar-refractivity contribution in [3.8, 4) is 5.75 Å². The molecule has 2 rings (SSSR count). The van der Waals surface area contributed by atoms with Gasteiger partial charge >= 0.3 is 6.18 Å². The fourth-order valence-electron chi connectivity index (χ4n) is 2.32. The van der Waals surface area contributed by atoms with E-state index in [0.29, 0.717) is 11.3 Å². The molecule has 0 aromatic heterocycles. The average Bonchev–Trinajstić information content (AvgIpc) is 2.59. The van der Waals surface area contributed by atoms with E-state index in [2.05, 4.69) is 5.32 Å². The second-order valence-corrected chi connectivity index (χ2v) is 5.88. The Balaban J connectivity index is 2.27. The lowest BCUT2D eigenvalue weighted by Gasteiger charge is -2.15. The Morgan fingerprint density at radius 3 is 2.46 bits per heavy atom. The molecule has 0 bridgehead atoms. The van der Waals surface area contributed by atoms with Crippen LogP contribution in [0.4, 0.5) is 18.9 Å². The maximum absolute atomic E-state index is 13.1. The van der Waals surface area contributed by atoms with E-state index in [1.54, 1.807) is 12.1 Å². The number of amides is 1. The van der Waals surface area contributed by atoms with E-state index >= 15 is 0 Å². The summed E-state index contributed by atoms with van der Waals surface area (Å²) < 4.78 is 49.9. The Hall–Kier alpha value is -2.54. The zero-order chi connectivity index (χ0) is 19.3. The molecule has 26 heavy (non-hydrogen) atoms. The Bertz CT molecular complexity index is 773. The van der Waals surface area contributed by atoms with Crippen LogP contribution < -0.4 is 10.1 Å². The highest BCUT2D eigenvalue weighted by molar-refractivity contribution is 6.04. The summed E-state index contributed by atoms with van der Waals surface area (Å²) >= 11 is 0. The standard InChI is InChI=1S/C19H20F3NO3/c1-12(2)26-11-14-10-13(8-9-17(14)25-3)18(24)23-16-7-5-4-6-15(16)19(20,21)22/h4-10,12H,11H2,1-3H3,(H,23,24). The lowest BCUT2D eigenvalue weighted by atomic mass is 10.1. The van der Waals surface area contributed by atoms with Gasteiger partial charge in [0.25, 0.3) is 5.91 Å². The highest BCUT2D eigenvalue weighted by Gasteiger charge is 2.33. The van der Waals surface area contributed by atoms with Gasteiger partial charge in [0.1, 0.15) is 5.75 Å². The third-order valence-electron chi connectivity index (χ3n) is 3.60. The molecule has 1 N–H and O–H groups in total. The van der Waals surface area contributed by atoms with Crippen molar-refractivity contribution in [3.63, 3.8) is 0 Å². The lowest BCUT2D eigenvalue weighted by Crippen LogP contribution is -2.17. The van der Waals surface area contributed by atoms with Gasteiger partial charge in [-0.2, -0.15) is 13.2 Å². The molecule has 2 aromatic rings. The van der Waals surface area contributed by atoms with Gasteiger partial charge in [-0.25, -0.2) is 0 Å². The van der Waals surface area contributed by atoms with Crippen LogP contribution in [0.1, 0.15) is 35.3 Å². The number of anilines is 1. The molecule has 2 aromatic carbocycles. The van der Waals surface area contributed by atoms with Crippen molar-refractivity contribution in [1.29, 1.82) is 0 Å². The third kappa shape index (κ3) is 4.98. The minimum atomic E-state index is -4.56. The number of methoxy groups -OCH3 is 1. The molecule has 0 aliphatic carbocycles. The van der Waals surface area contributed by atoms with E-state index in [4.69, 9.17) is 9.47 Å². The lowest BCUT2D eigenvalue weighted by molar-refractivity contribution is -0.136. The molecule has 0 aliphatic rings. The van der Waals surface area contributed by atoms with E-state index in [1.165, 1.54) is 31.4 Å². The maximum atomic E-state index is 13.1. The summed E-state index contributed by atoms with van der Waals surface area (Å²) in [4.78, 5) is 12.4. The van der Waals surface area contributed by atoms with Crippen LogP contribution in [0.15, 0.2) is 42.5 Å². The summed E-state index contributed by atoms with van der Waals surface area (Å²) in [5.41, 5.74) is -0.339. The van der Waals surface area contributed by atoms with Crippen LogP contribution in [-0.4, -0.2) is 19.1 Å². The molecular formula is C19H20F3NO3. The number of carbonyl (C=O) groups is 1. The third-order valence-corrected chi connectivity index (χ3v) is 3.60. The molecule has 0 unspecified atom stereocenters. The largest absolute Gasteiger partial charge is 0.496 e. The van der Waals surface area contributed by atoms with E-state index in [-0.39, 0.29) is 24.0 Å². The number of nitrogens with one attached hydrogen (secondary N) is 1. The first-order chi connectivity index (χ1) is 12.2. The van der Waals surface area contributed by atoms with E-state index in [1.807, 2.05) is 13.8 Å². The SMILES string of the molecule is COc1ccc(C(=O)Nc2ccccc2C(F)(F)F)cc1COC(C)C. The average molecular weight is 367 g/mol. The highest BCUT2D eigenvalue weighted by Crippen LogP contribution is 2.34. The molecular weight excluding hydrogens is 347 g/mol.